The van der Waals surface area contributed by atoms with E-state index in [4.69, 9.17) is 21.1 Å². The molecule has 0 fully saturated rings. The Morgan fingerprint density at radius 2 is 1.50 bits per heavy atom. The Morgan fingerprint density at radius 3 is 2.17 bits per heavy atom. The molecule has 1 aromatic heterocycles. The number of hydrogen-bond donors (Lipinski definition) is 0. The molecule has 0 unspecified atom stereocenters. The summed E-state index contributed by atoms with van der Waals surface area (Å²) in [6.45, 7) is 1.51. The number of hydrogen-bond acceptors (Lipinski definition) is 5. The predicted molar refractivity (Wildman–Crippen MR) is 90.1 cm³/mol. The van der Waals surface area contributed by atoms with Crippen LogP contribution in [-0.2, 0) is 0 Å². The standard InChI is InChI=1S/C18H13ClN2O3/c1-12(22)13-4-2-5-15(8-13)23-16-6-3-7-17(9-16)24-18-20-10-14(19)11-21-18/h2-11H,1H3. The van der Waals surface area contributed by atoms with Crippen LogP contribution in [0.5, 0.6) is 23.3 Å². The van der Waals surface area contributed by atoms with Gasteiger partial charge in [0.1, 0.15) is 17.2 Å². The number of Topliss-reactive ketones (excluding diaryl/α,β-unsaturated/α-hetero) is 1. The molecule has 0 bridgehead atoms. The maximum atomic E-state index is 11.4. The van der Waals surface area contributed by atoms with Gasteiger partial charge in [-0.05, 0) is 31.2 Å². The van der Waals surface area contributed by atoms with Gasteiger partial charge in [0.2, 0.25) is 0 Å². The molecule has 3 aromatic rings. The van der Waals surface area contributed by atoms with E-state index in [-0.39, 0.29) is 11.8 Å². The summed E-state index contributed by atoms with van der Waals surface area (Å²) in [6, 6.07) is 14.2. The lowest BCUT2D eigenvalue weighted by atomic mass is 10.1. The van der Waals surface area contributed by atoms with Crippen molar-refractivity contribution in [3.63, 3.8) is 0 Å². The van der Waals surface area contributed by atoms with Crippen LogP contribution in [0, 0.1) is 0 Å². The predicted octanol–water partition coefficient (Wildman–Crippen LogP) is 4.92. The molecule has 0 saturated heterocycles. The third-order valence-electron chi connectivity index (χ3n) is 3.09. The van der Waals surface area contributed by atoms with Crippen molar-refractivity contribution < 1.29 is 14.3 Å². The average Bonchev–Trinajstić information content (AvgIpc) is 2.57. The molecule has 0 amide bonds. The Balaban J connectivity index is 1.76. The Morgan fingerprint density at radius 1 is 0.917 bits per heavy atom. The van der Waals surface area contributed by atoms with Crippen LogP contribution < -0.4 is 9.47 Å². The van der Waals surface area contributed by atoms with Gasteiger partial charge in [0.15, 0.2) is 5.78 Å². The van der Waals surface area contributed by atoms with Gasteiger partial charge in [0.05, 0.1) is 17.4 Å². The Hall–Kier alpha value is -2.92. The van der Waals surface area contributed by atoms with Crippen molar-refractivity contribution >= 4 is 17.4 Å². The number of aromatic nitrogens is 2. The third kappa shape index (κ3) is 4.08. The molecular formula is C18H13ClN2O3. The van der Waals surface area contributed by atoms with E-state index in [2.05, 4.69) is 9.97 Å². The molecule has 0 aliphatic heterocycles. The first-order valence-corrected chi connectivity index (χ1v) is 7.52. The molecule has 0 N–H and O–H groups in total. The first-order chi connectivity index (χ1) is 11.6. The van der Waals surface area contributed by atoms with Crippen LogP contribution in [0.3, 0.4) is 0 Å². The molecule has 0 radical (unpaired) electrons. The average molecular weight is 341 g/mol. The summed E-state index contributed by atoms with van der Waals surface area (Å²) in [5, 5.41) is 0.435. The topological polar surface area (TPSA) is 61.3 Å². The fraction of sp³-hybridized carbons (Fsp3) is 0.0556. The van der Waals surface area contributed by atoms with E-state index in [0.717, 1.165) is 0 Å². The second-order valence-electron chi connectivity index (χ2n) is 4.95. The van der Waals surface area contributed by atoms with E-state index in [1.807, 2.05) is 0 Å². The minimum absolute atomic E-state index is 0.0163. The van der Waals surface area contributed by atoms with Gasteiger partial charge in [-0.1, -0.05) is 29.8 Å². The molecule has 0 aliphatic rings. The number of ketones is 1. The largest absolute Gasteiger partial charge is 0.457 e. The molecule has 2 aromatic carbocycles. The first kappa shape index (κ1) is 16.0. The lowest BCUT2D eigenvalue weighted by Crippen LogP contribution is -1.93. The number of ether oxygens (including phenoxy) is 2. The summed E-state index contributed by atoms with van der Waals surface area (Å²) in [5.74, 6) is 1.65. The highest BCUT2D eigenvalue weighted by Crippen LogP contribution is 2.27. The van der Waals surface area contributed by atoms with Gasteiger partial charge in [-0.25, -0.2) is 9.97 Å². The van der Waals surface area contributed by atoms with Crippen molar-refractivity contribution in [3.05, 3.63) is 71.5 Å². The van der Waals surface area contributed by atoms with Crippen LogP contribution >= 0.6 is 11.6 Å². The van der Waals surface area contributed by atoms with Gasteiger partial charge in [-0.2, -0.15) is 0 Å². The van der Waals surface area contributed by atoms with E-state index in [1.54, 1.807) is 48.5 Å². The van der Waals surface area contributed by atoms with Gasteiger partial charge >= 0.3 is 6.01 Å². The number of rotatable bonds is 5. The van der Waals surface area contributed by atoms with Gasteiger partial charge in [-0.3, -0.25) is 4.79 Å². The van der Waals surface area contributed by atoms with Gasteiger partial charge in [0, 0.05) is 11.6 Å². The van der Waals surface area contributed by atoms with Crippen molar-refractivity contribution in [1.82, 2.24) is 9.97 Å². The highest BCUT2D eigenvalue weighted by Gasteiger charge is 2.05. The van der Waals surface area contributed by atoms with E-state index in [9.17, 15) is 4.79 Å². The van der Waals surface area contributed by atoms with Crippen molar-refractivity contribution in [2.45, 2.75) is 6.92 Å². The lowest BCUT2D eigenvalue weighted by Gasteiger charge is -2.09. The summed E-state index contributed by atoms with van der Waals surface area (Å²) in [4.78, 5) is 19.4. The Bertz CT molecular complexity index is 866. The molecule has 0 spiro atoms. The highest BCUT2D eigenvalue weighted by atomic mass is 35.5. The maximum absolute atomic E-state index is 11.4. The monoisotopic (exact) mass is 340 g/mol. The van der Waals surface area contributed by atoms with Crippen LogP contribution in [0.1, 0.15) is 17.3 Å². The Kier molecular flexibility index (Phi) is 4.72. The Labute approximate surface area is 143 Å². The minimum Gasteiger partial charge on any atom is -0.457 e. The summed E-state index contributed by atoms with van der Waals surface area (Å²) >= 11 is 5.74. The maximum Gasteiger partial charge on any atom is 0.321 e. The molecule has 5 nitrogen and oxygen atoms in total. The van der Waals surface area contributed by atoms with Gasteiger partial charge in [0.25, 0.3) is 0 Å². The number of halogens is 1. The van der Waals surface area contributed by atoms with Crippen LogP contribution in [-0.4, -0.2) is 15.8 Å². The molecule has 0 aliphatic carbocycles. The summed E-state index contributed by atoms with van der Waals surface area (Å²) in [6.07, 6.45) is 2.91. The molecule has 1 heterocycles. The molecule has 24 heavy (non-hydrogen) atoms. The lowest BCUT2D eigenvalue weighted by molar-refractivity contribution is 0.101. The van der Waals surface area contributed by atoms with Crippen molar-refractivity contribution in [2.75, 3.05) is 0 Å². The number of benzene rings is 2. The second-order valence-corrected chi connectivity index (χ2v) is 5.38. The fourth-order valence-corrected chi connectivity index (χ4v) is 2.07. The van der Waals surface area contributed by atoms with E-state index < -0.39 is 0 Å². The number of nitrogens with zero attached hydrogens (tertiary/aromatic N) is 2. The van der Waals surface area contributed by atoms with Crippen LogP contribution in [0.4, 0.5) is 0 Å². The van der Waals surface area contributed by atoms with Gasteiger partial charge < -0.3 is 9.47 Å². The fourth-order valence-electron chi connectivity index (χ4n) is 1.97. The molecule has 0 saturated carbocycles. The zero-order valence-electron chi connectivity index (χ0n) is 12.8. The second kappa shape index (κ2) is 7.10. The smallest absolute Gasteiger partial charge is 0.321 e. The van der Waals surface area contributed by atoms with Crippen LogP contribution in [0.15, 0.2) is 60.9 Å². The number of carbonyl (C=O) groups excluding carboxylic acids is 1. The van der Waals surface area contributed by atoms with Crippen LogP contribution in [0.25, 0.3) is 0 Å². The normalized spacial score (nSPS) is 10.2. The summed E-state index contributed by atoms with van der Waals surface area (Å²) < 4.78 is 11.3. The van der Waals surface area contributed by atoms with Crippen LogP contribution in [0.2, 0.25) is 5.02 Å². The highest BCUT2D eigenvalue weighted by molar-refractivity contribution is 6.30. The molecule has 6 heteroatoms. The molecule has 120 valence electrons. The van der Waals surface area contributed by atoms with E-state index >= 15 is 0 Å². The molecule has 0 atom stereocenters. The zero-order chi connectivity index (χ0) is 16.9. The summed E-state index contributed by atoms with van der Waals surface area (Å²) in [7, 11) is 0. The molecule has 3 rings (SSSR count). The quantitative estimate of drug-likeness (QED) is 0.617. The first-order valence-electron chi connectivity index (χ1n) is 7.14. The van der Waals surface area contributed by atoms with Crippen molar-refractivity contribution in [3.8, 4) is 23.3 Å². The SMILES string of the molecule is CC(=O)c1cccc(Oc2cccc(Oc3ncc(Cl)cn3)c2)c1. The summed E-state index contributed by atoms with van der Waals surface area (Å²) in [5.41, 5.74) is 0.592. The van der Waals surface area contributed by atoms with E-state index in [0.29, 0.717) is 27.8 Å². The number of carbonyl (C=O) groups is 1. The van der Waals surface area contributed by atoms with Crippen molar-refractivity contribution in [1.29, 1.82) is 0 Å². The zero-order valence-corrected chi connectivity index (χ0v) is 13.5. The van der Waals surface area contributed by atoms with E-state index in [1.165, 1.54) is 19.3 Å². The van der Waals surface area contributed by atoms with Crippen molar-refractivity contribution in [2.24, 2.45) is 0 Å². The third-order valence-corrected chi connectivity index (χ3v) is 3.28. The minimum atomic E-state index is -0.0163. The molecular weight excluding hydrogens is 328 g/mol. The van der Waals surface area contributed by atoms with Gasteiger partial charge in [-0.15, -0.1) is 0 Å².